The van der Waals surface area contributed by atoms with Gasteiger partial charge in [-0.3, -0.25) is 4.79 Å². The minimum absolute atomic E-state index is 0.000224. The molecular formula is C22H19N3O2S. The molecule has 0 bridgehead atoms. The van der Waals surface area contributed by atoms with Gasteiger partial charge in [0.2, 0.25) is 0 Å². The molecule has 1 aliphatic rings. The van der Waals surface area contributed by atoms with Crippen molar-refractivity contribution >= 4 is 17.2 Å². The smallest absolute Gasteiger partial charge is 0.254 e. The van der Waals surface area contributed by atoms with Crippen LogP contribution in [0.2, 0.25) is 0 Å². The molecule has 4 rings (SSSR count). The van der Waals surface area contributed by atoms with E-state index in [0.717, 1.165) is 17.1 Å². The third kappa shape index (κ3) is 3.75. The molecular weight excluding hydrogens is 370 g/mol. The maximum atomic E-state index is 13.1. The average molecular weight is 389 g/mol. The van der Waals surface area contributed by atoms with E-state index >= 15 is 0 Å². The number of pyridine rings is 1. The number of benzene rings is 1. The SMILES string of the molecule is COc1ccc(C(=O)N2CCc3nc(C)sc3C2)cc1C#Cc1ccccn1. The van der Waals surface area contributed by atoms with Crippen LogP contribution < -0.4 is 4.74 Å². The molecule has 0 spiro atoms. The molecule has 3 heterocycles. The number of carbonyl (C=O) groups is 1. The molecule has 0 saturated carbocycles. The number of ether oxygens (including phenoxy) is 1. The van der Waals surface area contributed by atoms with Crippen LogP contribution in [0.1, 0.15) is 37.2 Å². The summed E-state index contributed by atoms with van der Waals surface area (Å²) in [4.78, 5) is 24.9. The maximum Gasteiger partial charge on any atom is 0.254 e. The van der Waals surface area contributed by atoms with E-state index in [4.69, 9.17) is 4.74 Å². The molecule has 5 nitrogen and oxygen atoms in total. The van der Waals surface area contributed by atoms with E-state index in [1.54, 1.807) is 42.8 Å². The Bertz CT molecular complexity index is 1080. The van der Waals surface area contributed by atoms with Crippen molar-refractivity contribution in [1.29, 1.82) is 0 Å². The lowest BCUT2D eigenvalue weighted by Gasteiger charge is -2.26. The van der Waals surface area contributed by atoms with Crippen molar-refractivity contribution in [3.63, 3.8) is 0 Å². The zero-order chi connectivity index (χ0) is 19.5. The fraction of sp³-hybridized carbons (Fsp3) is 0.227. The lowest BCUT2D eigenvalue weighted by atomic mass is 10.1. The molecule has 1 aromatic carbocycles. The molecule has 3 aromatic rings. The van der Waals surface area contributed by atoms with Crippen molar-refractivity contribution < 1.29 is 9.53 Å². The lowest BCUT2D eigenvalue weighted by Crippen LogP contribution is -2.35. The highest BCUT2D eigenvalue weighted by molar-refractivity contribution is 7.11. The number of hydrogen-bond donors (Lipinski definition) is 0. The van der Waals surface area contributed by atoms with Gasteiger partial charge >= 0.3 is 0 Å². The highest BCUT2D eigenvalue weighted by Crippen LogP contribution is 2.26. The van der Waals surface area contributed by atoms with Gasteiger partial charge < -0.3 is 9.64 Å². The van der Waals surface area contributed by atoms with Gasteiger partial charge in [-0.2, -0.15) is 0 Å². The van der Waals surface area contributed by atoms with Crippen LogP contribution in [0.25, 0.3) is 0 Å². The van der Waals surface area contributed by atoms with E-state index < -0.39 is 0 Å². The van der Waals surface area contributed by atoms with Crippen molar-refractivity contribution in [2.24, 2.45) is 0 Å². The van der Waals surface area contributed by atoms with Gasteiger partial charge in [0.05, 0.1) is 29.9 Å². The van der Waals surface area contributed by atoms with Gasteiger partial charge in [-0.25, -0.2) is 9.97 Å². The van der Waals surface area contributed by atoms with Crippen LogP contribution >= 0.6 is 11.3 Å². The Hall–Kier alpha value is -3.17. The maximum absolute atomic E-state index is 13.1. The van der Waals surface area contributed by atoms with Crippen LogP contribution in [-0.2, 0) is 13.0 Å². The molecule has 6 heteroatoms. The number of aromatic nitrogens is 2. The molecule has 0 radical (unpaired) electrons. The summed E-state index contributed by atoms with van der Waals surface area (Å²) in [5, 5.41) is 1.05. The Balaban J connectivity index is 1.60. The minimum Gasteiger partial charge on any atom is -0.495 e. The van der Waals surface area contributed by atoms with Crippen molar-refractivity contribution in [1.82, 2.24) is 14.9 Å². The fourth-order valence-corrected chi connectivity index (χ4v) is 4.19. The van der Waals surface area contributed by atoms with Gasteiger partial charge in [0.1, 0.15) is 11.4 Å². The normalized spacial score (nSPS) is 12.7. The number of rotatable bonds is 2. The molecule has 1 amide bonds. The van der Waals surface area contributed by atoms with Crippen molar-refractivity contribution in [2.45, 2.75) is 19.9 Å². The lowest BCUT2D eigenvalue weighted by molar-refractivity contribution is 0.0736. The number of fused-ring (bicyclic) bond motifs is 1. The van der Waals surface area contributed by atoms with E-state index in [1.165, 1.54) is 4.88 Å². The summed E-state index contributed by atoms with van der Waals surface area (Å²) in [6, 6.07) is 11.0. The van der Waals surface area contributed by atoms with E-state index in [2.05, 4.69) is 21.8 Å². The van der Waals surface area contributed by atoms with Gasteiger partial charge in [-0.1, -0.05) is 12.0 Å². The molecule has 0 aliphatic carbocycles. The summed E-state index contributed by atoms with van der Waals surface area (Å²) in [6.07, 6.45) is 2.50. The predicted octanol–water partition coefficient (Wildman–Crippen LogP) is 3.45. The van der Waals surface area contributed by atoms with Gasteiger partial charge in [-0.05, 0) is 43.2 Å². The zero-order valence-corrected chi connectivity index (χ0v) is 16.5. The van der Waals surface area contributed by atoms with Crippen LogP contribution in [0.5, 0.6) is 5.75 Å². The summed E-state index contributed by atoms with van der Waals surface area (Å²) < 4.78 is 5.41. The first-order valence-corrected chi connectivity index (χ1v) is 9.81. The van der Waals surface area contributed by atoms with Crippen LogP contribution in [0.3, 0.4) is 0 Å². The van der Waals surface area contributed by atoms with Crippen LogP contribution in [0.4, 0.5) is 0 Å². The van der Waals surface area contributed by atoms with E-state index in [9.17, 15) is 4.79 Å². The minimum atomic E-state index is 0.000224. The molecule has 0 fully saturated rings. The molecule has 1 aliphatic heterocycles. The van der Waals surface area contributed by atoms with Gasteiger partial charge in [0.15, 0.2) is 0 Å². The van der Waals surface area contributed by atoms with Crippen LogP contribution in [0, 0.1) is 18.8 Å². The van der Waals surface area contributed by atoms with Crippen molar-refractivity contribution in [3.05, 3.63) is 75.0 Å². The fourth-order valence-electron chi connectivity index (χ4n) is 3.19. The first-order chi connectivity index (χ1) is 13.6. The van der Waals surface area contributed by atoms with Gasteiger partial charge in [-0.15, -0.1) is 11.3 Å². The first-order valence-electron chi connectivity index (χ1n) is 8.99. The number of thiazole rings is 1. The van der Waals surface area contributed by atoms with Crippen LogP contribution in [-0.4, -0.2) is 34.4 Å². The summed E-state index contributed by atoms with van der Waals surface area (Å²) in [5.74, 6) is 6.74. The highest BCUT2D eigenvalue weighted by atomic mass is 32.1. The molecule has 0 atom stereocenters. The number of carbonyl (C=O) groups excluding carboxylic acids is 1. The monoisotopic (exact) mass is 389 g/mol. The number of hydrogen-bond acceptors (Lipinski definition) is 5. The van der Waals surface area contributed by atoms with Crippen molar-refractivity contribution in [2.75, 3.05) is 13.7 Å². The number of nitrogens with zero attached hydrogens (tertiary/aromatic N) is 3. The predicted molar refractivity (Wildman–Crippen MR) is 109 cm³/mol. The Morgan fingerprint density at radius 2 is 2.14 bits per heavy atom. The molecule has 2 aromatic heterocycles. The Morgan fingerprint density at radius 1 is 1.25 bits per heavy atom. The number of amides is 1. The highest BCUT2D eigenvalue weighted by Gasteiger charge is 2.24. The molecule has 0 N–H and O–H groups in total. The third-order valence-electron chi connectivity index (χ3n) is 4.56. The number of methoxy groups -OCH3 is 1. The second-order valence-electron chi connectivity index (χ2n) is 6.46. The molecule has 0 saturated heterocycles. The largest absolute Gasteiger partial charge is 0.495 e. The number of aryl methyl sites for hydroxylation is 1. The third-order valence-corrected chi connectivity index (χ3v) is 5.56. The molecule has 140 valence electrons. The van der Waals surface area contributed by atoms with E-state index in [-0.39, 0.29) is 5.91 Å². The quantitative estimate of drug-likeness (QED) is 0.630. The second-order valence-corrected chi connectivity index (χ2v) is 7.75. The Morgan fingerprint density at radius 3 is 2.93 bits per heavy atom. The summed E-state index contributed by atoms with van der Waals surface area (Å²) in [6.45, 7) is 3.29. The summed E-state index contributed by atoms with van der Waals surface area (Å²) >= 11 is 1.67. The summed E-state index contributed by atoms with van der Waals surface area (Å²) in [5.41, 5.74) is 3.08. The molecule has 0 unspecified atom stereocenters. The average Bonchev–Trinajstić information content (AvgIpc) is 3.11. The Kier molecular flexibility index (Phi) is 5.09. The first kappa shape index (κ1) is 18.2. The van der Waals surface area contributed by atoms with Crippen molar-refractivity contribution in [3.8, 4) is 17.6 Å². The topological polar surface area (TPSA) is 55.3 Å². The standard InChI is InChI=1S/C22H19N3O2S/c1-15-24-19-10-12-25(14-21(19)28-15)22(26)17-7-9-20(27-2)16(13-17)6-8-18-5-3-4-11-23-18/h3-5,7,9,11,13H,10,12,14H2,1-2H3. The van der Waals surface area contributed by atoms with Gasteiger partial charge in [0, 0.05) is 29.6 Å². The second kappa shape index (κ2) is 7.83. The zero-order valence-electron chi connectivity index (χ0n) is 15.7. The molecule has 28 heavy (non-hydrogen) atoms. The van der Waals surface area contributed by atoms with E-state index in [1.807, 2.05) is 30.0 Å². The Labute approximate surface area is 168 Å². The van der Waals surface area contributed by atoms with Gasteiger partial charge in [0.25, 0.3) is 5.91 Å². The van der Waals surface area contributed by atoms with E-state index in [0.29, 0.717) is 35.7 Å². The van der Waals surface area contributed by atoms with Crippen LogP contribution in [0.15, 0.2) is 42.6 Å². The summed E-state index contributed by atoms with van der Waals surface area (Å²) in [7, 11) is 1.60.